The smallest absolute Gasteiger partial charge is 0.363 e. The average molecular weight is 327 g/mol. The molecule has 0 saturated heterocycles. The average Bonchev–Trinajstić information content (AvgIpc) is 2.98. The van der Waals surface area contributed by atoms with E-state index in [9.17, 15) is 4.79 Å². The number of carbonyl (C=O) groups is 1. The topological polar surface area (TPSA) is 38.7 Å². The normalized spacial score (nSPS) is 15.5. The van der Waals surface area contributed by atoms with E-state index in [0.717, 1.165) is 33.0 Å². The Morgan fingerprint density at radius 1 is 0.960 bits per heavy atom. The lowest BCUT2D eigenvalue weighted by Gasteiger charge is -2.04. The third kappa shape index (κ3) is 2.85. The molecule has 0 amide bonds. The molecule has 25 heavy (non-hydrogen) atoms. The molecule has 1 aliphatic rings. The fourth-order valence-corrected chi connectivity index (χ4v) is 3.00. The van der Waals surface area contributed by atoms with Gasteiger partial charge in [0.25, 0.3) is 0 Å². The minimum Gasteiger partial charge on any atom is -0.402 e. The zero-order valence-electron chi connectivity index (χ0n) is 14.1. The second-order valence-corrected chi connectivity index (χ2v) is 6.22. The van der Waals surface area contributed by atoms with E-state index in [0.29, 0.717) is 11.6 Å². The number of esters is 1. The lowest BCUT2D eigenvalue weighted by Crippen LogP contribution is -2.05. The highest BCUT2D eigenvalue weighted by molar-refractivity contribution is 6.17. The summed E-state index contributed by atoms with van der Waals surface area (Å²) in [6.07, 6.45) is 1.79. The third-order valence-corrected chi connectivity index (χ3v) is 4.37. The first kappa shape index (κ1) is 15.3. The standard InChI is InChI=1S/C22H17NO2/c1-14-10-11-15(2)17(12-14)13-20-22(24)25-21(23-20)19-9-5-7-16-6-3-4-8-18(16)19/h3-13H,1-2H3/b20-13-. The summed E-state index contributed by atoms with van der Waals surface area (Å²) in [4.78, 5) is 16.8. The third-order valence-electron chi connectivity index (χ3n) is 4.37. The maximum atomic E-state index is 12.3. The van der Waals surface area contributed by atoms with Crippen molar-refractivity contribution in [3.8, 4) is 0 Å². The first-order valence-corrected chi connectivity index (χ1v) is 8.20. The number of nitrogens with zero attached hydrogens (tertiary/aromatic N) is 1. The van der Waals surface area contributed by atoms with E-state index in [4.69, 9.17) is 4.74 Å². The molecule has 3 heteroatoms. The zero-order chi connectivity index (χ0) is 17.4. The summed E-state index contributed by atoms with van der Waals surface area (Å²) in [5.41, 5.74) is 4.38. The summed E-state index contributed by atoms with van der Waals surface area (Å²) in [7, 11) is 0. The van der Waals surface area contributed by atoms with Crippen molar-refractivity contribution in [2.24, 2.45) is 4.99 Å². The number of aryl methyl sites for hydroxylation is 2. The predicted octanol–water partition coefficient (Wildman–Crippen LogP) is 4.80. The van der Waals surface area contributed by atoms with Crippen molar-refractivity contribution < 1.29 is 9.53 Å². The molecule has 0 fully saturated rings. The van der Waals surface area contributed by atoms with E-state index in [-0.39, 0.29) is 0 Å². The fourth-order valence-electron chi connectivity index (χ4n) is 3.00. The van der Waals surface area contributed by atoms with Crippen molar-refractivity contribution in [3.05, 3.63) is 88.6 Å². The first-order valence-electron chi connectivity index (χ1n) is 8.20. The maximum absolute atomic E-state index is 12.3. The van der Waals surface area contributed by atoms with Crippen LogP contribution in [0.4, 0.5) is 0 Å². The van der Waals surface area contributed by atoms with Crippen LogP contribution in [0, 0.1) is 13.8 Å². The Balaban J connectivity index is 1.80. The molecule has 0 unspecified atom stereocenters. The van der Waals surface area contributed by atoms with Crippen LogP contribution in [-0.4, -0.2) is 11.9 Å². The van der Waals surface area contributed by atoms with Crippen LogP contribution in [0.2, 0.25) is 0 Å². The molecular formula is C22H17NO2. The molecule has 0 radical (unpaired) electrons. The fraction of sp³-hybridized carbons (Fsp3) is 0.0909. The van der Waals surface area contributed by atoms with Gasteiger partial charge >= 0.3 is 5.97 Å². The van der Waals surface area contributed by atoms with Crippen molar-refractivity contribution in [3.63, 3.8) is 0 Å². The summed E-state index contributed by atoms with van der Waals surface area (Å²) in [5, 5.41) is 2.11. The predicted molar refractivity (Wildman–Crippen MR) is 100 cm³/mol. The SMILES string of the molecule is Cc1ccc(C)c(/C=C2\N=C(c3cccc4ccccc34)OC2=O)c1. The van der Waals surface area contributed by atoms with E-state index >= 15 is 0 Å². The Bertz CT molecular complexity index is 1060. The lowest BCUT2D eigenvalue weighted by atomic mass is 10.0. The molecule has 0 N–H and O–H groups in total. The van der Waals surface area contributed by atoms with Crippen LogP contribution in [0.5, 0.6) is 0 Å². The van der Waals surface area contributed by atoms with Gasteiger partial charge in [0.2, 0.25) is 5.90 Å². The summed E-state index contributed by atoms with van der Waals surface area (Å²) in [5.74, 6) is -0.0535. The van der Waals surface area contributed by atoms with Crippen LogP contribution in [0.1, 0.15) is 22.3 Å². The molecule has 0 spiro atoms. The Labute approximate surface area is 146 Å². The molecule has 1 heterocycles. The lowest BCUT2D eigenvalue weighted by molar-refractivity contribution is -0.129. The molecule has 3 nitrogen and oxygen atoms in total. The second kappa shape index (κ2) is 6.02. The largest absolute Gasteiger partial charge is 0.402 e. The summed E-state index contributed by atoms with van der Waals surface area (Å²) < 4.78 is 5.45. The number of rotatable bonds is 2. The number of cyclic esters (lactones) is 1. The summed E-state index contributed by atoms with van der Waals surface area (Å²) >= 11 is 0. The van der Waals surface area contributed by atoms with Crippen molar-refractivity contribution in [2.75, 3.05) is 0 Å². The van der Waals surface area contributed by atoms with E-state index in [2.05, 4.69) is 11.1 Å². The molecule has 0 aromatic heterocycles. The van der Waals surface area contributed by atoms with E-state index in [1.807, 2.05) is 68.4 Å². The van der Waals surface area contributed by atoms with Crippen LogP contribution in [0.25, 0.3) is 16.8 Å². The highest BCUT2D eigenvalue weighted by Gasteiger charge is 2.25. The van der Waals surface area contributed by atoms with Crippen LogP contribution in [0.3, 0.4) is 0 Å². The van der Waals surface area contributed by atoms with E-state index in [1.54, 1.807) is 6.08 Å². The van der Waals surface area contributed by atoms with Crippen molar-refractivity contribution in [2.45, 2.75) is 13.8 Å². The molecule has 4 rings (SSSR count). The van der Waals surface area contributed by atoms with Gasteiger partial charge in [0.1, 0.15) is 0 Å². The molecule has 1 aliphatic heterocycles. The molecular weight excluding hydrogens is 310 g/mol. The van der Waals surface area contributed by atoms with Gasteiger partial charge in [-0.15, -0.1) is 0 Å². The quantitative estimate of drug-likeness (QED) is 0.501. The van der Waals surface area contributed by atoms with Crippen molar-refractivity contribution in [1.29, 1.82) is 0 Å². The van der Waals surface area contributed by atoms with Gasteiger partial charge in [0.05, 0.1) is 0 Å². The van der Waals surface area contributed by atoms with Crippen molar-refractivity contribution >= 4 is 28.7 Å². The number of carbonyl (C=O) groups excluding carboxylic acids is 1. The monoisotopic (exact) mass is 327 g/mol. The van der Waals surface area contributed by atoms with Gasteiger partial charge in [-0.1, -0.05) is 60.2 Å². The van der Waals surface area contributed by atoms with Crippen molar-refractivity contribution in [1.82, 2.24) is 0 Å². The van der Waals surface area contributed by atoms with Crippen LogP contribution in [0.15, 0.2) is 71.4 Å². The number of aliphatic imine (C=N–C) groups is 1. The number of hydrogen-bond donors (Lipinski definition) is 0. The Morgan fingerprint density at radius 2 is 1.76 bits per heavy atom. The number of ether oxygens (including phenoxy) is 1. The minimum absolute atomic E-state index is 0.330. The van der Waals surface area contributed by atoms with E-state index in [1.165, 1.54) is 0 Å². The molecule has 3 aromatic carbocycles. The first-order chi connectivity index (χ1) is 12.1. The van der Waals surface area contributed by atoms with Gasteiger partial charge in [0, 0.05) is 5.56 Å². The van der Waals surface area contributed by atoms with Gasteiger partial charge in [-0.3, -0.25) is 0 Å². The molecule has 3 aromatic rings. The molecule has 122 valence electrons. The Hall–Kier alpha value is -3.20. The second-order valence-electron chi connectivity index (χ2n) is 6.22. The van der Waals surface area contributed by atoms with Crippen LogP contribution in [-0.2, 0) is 9.53 Å². The van der Waals surface area contributed by atoms with Gasteiger partial charge in [0.15, 0.2) is 5.70 Å². The number of fused-ring (bicyclic) bond motifs is 1. The summed E-state index contributed by atoms with van der Waals surface area (Å²) in [6.45, 7) is 4.04. The van der Waals surface area contributed by atoms with Crippen LogP contribution < -0.4 is 0 Å². The van der Waals surface area contributed by atoms with Gasteiger partial charge in [-0.2, -0.15) is 0 Å². The van der Waals surface area contributed by atoms with Crippen LogP contribution >= 0.6 is 0 Å². The van der Waals surface area contributed by atoms with Gasteiger partial charge in [-0.05, 0) is 47.9 Å². The highest BCUT2D eigenvalue weighted by atomic mass is 16.6. The van der Waals surface area contributed by atoms with Gasteiger partial charge < -0.3 is 4.74 Å². The molecule has 0 atom stereocenters. The summed E-state index contributed by atoms with van der Waals surface area (Å²) in [6, 6.07) is 20.0. The maximum Gasteiger partial charge on any atom is 0.363 e. The van der Waals surface area contributed by atoms with E-state index < -0.39 is 5.97 Å². The zero-order valence-corrected chi connectivity index (χ0v) is 14.1. The highest BCUT2D eigenvalue weighted by Crippen LogP contribution is 2.25. The number of benzene rings is 3. The molecule has 0 aliphatic carbocycles. The molecule has 0 bridgehead atoms. The van der Waals surface area contributed by atoms with Gasteiger partial charge in [-0.25, -0.2) is 9.79 Å². The molecule has 0 saturated carbocycles. The minimum atomic E-state index is -0.413. The Morgan fingerprint density at radius 3 is 2.64 bits per heavy atom. The Kier molecular flexibility index (Phi) is 3.69. The number of hydrogen-bond acceptors (Lipinski definition) is 3.